The van der Waals surface area contributed by atoms with Crippen molar-refractivity contribution in [3.05, 3.63) is 41.9 Å². The Balaban J connectivity index is 1.32. The molecule has 2 aliphatic rings. The number of hydrogen-bond donors (Lipinski definition) is 0. The number of piperidine rings is 1. The highest BCUT2D eigenvalue weighted by atomic mass is 32.2. The largest absolute Gasteiger partial charge is 0.352 e. The third-order valence-corrected chi connectivity index (χ3v) is 8.78. The van der Waals surface area contributed by atoms with Gasteiger partial charge in [-0.1, -0.05) is 12.5 Å². The molecular formula is C23H29N7O3S. The molecule has 5 rings (SSSR count). The van der Waals surface area contributed by atoms with Gasteiger partial charge in [0.05, 0.1) is 16.5 Å². The van der Waals surface area contributed by atoms with Gasteiger partial charge in [-0.05, 0) is 37.5 Å². The summed E-state index contributed by atoms with van der Waals surface area (Å²) in [5.41, 5.74) is 1.84. The molecule has 4 heterocycles. The molecule has 180 valence electrons. The Labute approximate surface area is 199 Å². The van der Waals surface area contributed by atoms with E-state index < -0.39 is 10.0 Å². The number of nitrogens with zero attached hydrogens (tertiary/aromatic N) is 7. The summed E-state index contributed by atoms with van der Waals surface area (Å²) >= 11 is 0. The first kappa shape index (κ1) is 22.7. The van der Waals surface area contributed by atoms with Gasteiger partial charge in [-0.2, -0.15) is 9.40 Å². The minimum Gasteiger partial charge on any atom is -0.352 e. The van der Waals surface area contributed by atoms with Crippen LogP contribution in [-0.4, -0.2) is 82.5 Å². The van der Waals surface area contributed by atoms with E-state index in [0.717, 1.165) is 36.1 Å². The maximum absolute atomic E-state index is 13.3. The van der Waals surface area contributed by atoms with Gasteiger partial charge in [-0.25, -0.2) is 18.4 Å². The molecule has 0 unspecified atom stereocenters. The van der Waals surface area contributed by atoms with Crippen LogP contribution in [0.15, 0.2) is 35.6 Å². The molecule has 0 saturated carbocycles. The van der Waals surface area contributed by atoms with Gasteiger partial charge in [0.25, 0.3) is 5.91 Å². The van der Waals surface area contributed by atoms with Crippen LogP contribution in [0.2, 0.25) is 0 Å². The van der Waals surface area contributed by atoms with Gasteiger partial charge in [0.2, 0.25) is 10.0 Å². The van der Waals surface area contributed by atoms with Crippen LogP contribution in [0.1, 0.15) is 35.2 Å². The first-order valence-corrected chi connectivity index (χ1v) is 13.1. The predicted molar refractivity (Wildman–Crippen MR) is 128 cm³/mol. The third kappa shape index (κ3) is 4.03. The van der Waals surface area contributed by atoms with E-state index in [0.29, 0.717) is 50.4 Å². The van der Waals surface area contributed by atoms with Crippen LogP contribution in [0.4, 0.5) is 5.82 Å². The molecule has 1 aromatic carbocycles. The zero-order valence-corrected chi connectivity index (χ0v) is 20.3. The van der Waals surface area contributed by atoms with Crippen molar-refractivity contribution in [1.29, 1.82) is 0 Å². The third-order valence-electron chi connectivity index (χ3n) is 6.74. The number of benzene rings is 1. The lowest BCUT2D eigenvalue weighted by atomic mass is 10.1. The maximum atomic E-state index is 13.3. The number of aryl methyl sites for hydroxylation is 2. The van der Waals surface area contributed by atoms with Crippen LogP contribution < -0.4 is 4.90 Å². The Morgan fingerprint density at radius 1 is 0.971 bits per heavy atom. The van der Waals surface area contributed by atoms with Gasteiger partial charge in [0.1, 0.15) is 12.1 Å². The molecule has 1 amide bonds. The number of sulfonamides is 1. The number of amides is 1. The van der Waals surface area contributed by atoms with E-state index in [9.17, 15) is 13.2 Å². The Hall–Kier alpha value is -3.05. The van der Waals surface area contributed by atoms with Crippen LogP contribution >= 0.6 is 0 Å². The van der Waals surface area contributed by atoms with Gasteiger partial charge >= 0.3 is 0 Å². The van der Waals surface area contributed by atoms with E-state index in [2.05, 4.69) is 20.0 Å². The van der Waals surface area contributed by atoms with Crippen molar-refractivity contribution in [2.75, 3.05) is 44.2 Å². The van der Waals surface area contributed by atoms with Crippen molar-refractivity contribution in [3.8, 4) is 0 Å². The van der Waals surface area contributed by atoms with E-state index in [1.807, 2.05) is 7.05 Å². The topological polar surface area (TPSA) is 105 Å². The summed E-state index contributed by atoms with van der Waals surface area (Å²) in [6, 6.07) is 5.01. The molecule has 11 heteroatoms. The number of aromatic nitrogens is 4. The number of fused-ring (bicyclic) bond motifs is 1. The van der Waals surface area contributed by atoms with Crippen LogP contribution in [0.25, 0.3) is 11.0 Å². The number of hydrogen-bond acceptors (Lipinski definition) is 7. The van der Waals surface area contributed by atoms with Crippen molar-refractivity contribution in [2.24, 2.45) is 7.05 Å². The van der Waals surface area contributed by atoms with E-state index >= 15 is 0 Å². The Bertz CT molecular complexity index is 1320. The molecule has 0 aliphatic carbocycles. The van der Waals surface area contributed by atoms with Gasteiger partial charge in [-0.15, -0.1) is 0 Å². The van der Waals surface area contributed by atoms with Crippen LogP contribution in [-0.2, 0) is 17.1 Å². The number of rotatable bonds is 4. The second-order valence-electron chi connectivity index (χ2n) is 8.93. The molecule has 2 saturated heterocycles. The number of piperazine rings is 1. The molecule has 0 N–H and O–H groups in total. The van der Waals surface area contributed by atoms with Gasteiger partial charge < -0.3 is 9.80 Å². The Morgan fingerprint density at radius 3 is 2.44 bits per heavy atom. The van der Waals surface area contributed by atoms with Gasteiger partial charge in [0.15, 0.2) is 5.65 Å². The molecule has 2 fully saturated rings. The molecule has 2 aromatic heterocycles. The van der Waals surface area contributed by atoms with Crippen LogP contribution in [0.3, 0.4) is 0 Å². The molecule has 0 radical (unpaired) electrons. The van der Waals surface area contributed by atoms with E-state index in [4.69, 9.17) is 0 Å². The Morgan fingerprint density at radius 2 is 1.71 bits per heavy atom. The fourth-order valence-electron chi connectivity index (χ4n) is 4.76. The second kappa shape index (κ2) is 8.95. The summed E-state index contributed by atoms with van der Waals surface area (Å²) in [6.45, 7) is 5.14. The number of anilines is 1. The lowest BCUT2D eigenvalue weighted by Crippen LogP contribution is -2.49. The van der Waals surface area contributed by atoms with E-state index in [-0.39, 0.29) is 10.8 Å². The fraction of sp³-hybridized carbons (Fsp3) is 0.478. The average Bonchev–Trinajstić information content (AvgIpc) is 3.25. The highest BCUT2D eigenvalue weighted by molar-refractivity contribution is 7.89. The molecule has 3 aromatic rings. The molecule has 34 heavy (non-hydrogen) atoms. The van der Waals surface area contributed by atoms with Crippen LogP contribution in [0, 0.1) is 6.92 Å². The fourth-order valence-corrected chi connectivity index (χ4v) is 6.53. The quantitative estimate of drug-likeness (QED) is 0.557. The summed E-state index contributed by atoms with van der Waals surface area (Å²) in [5, 5.41) is 5.16. The minimum absolute atomic E-state index is 0.149. The molecule has 0 atom stereocenters. The summed E-state index contributed by atoms with van der Waals surface area (Å²) in [5.74, 6) is 0.666. The van der Waals surface area contributed by atoms with E-state index in [1.54, 1.807) is 45.2 Å². The first-order valence-electron chi connectivity index (χ1n) is 11.6. The molecular weight excluding hydrogens is 454 g/mol. The molecule has 0 spiro atoms. The molecule has 10 nitrogen and oxygen atoms in total. The van der Waals surface area contributed by atoms with Crippen molar-refractivity contribution in [3.63, 3.8) is 0 Å². The van der Waals surface area contributed by atoms with Gasteiger partial charge in [-0.3, -0.25) is 9.48 Å². The molecule has 0 bridgehead atoms. The summed E-state index contributed by atoms with van der Waals surface area (Å²) in [4.78, 5) is 26.2. The van der Waals surface area contributed by atoms with Crippen molar-refractivity contribution in [2.45, 2.75) is 31.1 Å². The highest BCUT2D eigenvalue weighted by Crippen LogP contribution is 2.26. The van der Waals surface area contributed by atoms with Gasteiger partial charge in [0, 0.05) is 51.9 Å². The SMILES string of the molecule is Cc1ccc(C(=O)N2CCN(c3ncnc4c3cnn4C)CC2)cc1S(=O)(=O)N1CCCCC1. The smallest absolute Gasteiger partial charge is 0.254 e. The standard InChI is InChI=1S/C23H29N7O3S/c1-17-6-7-18(14-20(17)34(32,33)30-8-4-3-5-9-30)23(31)29-12-10-28(11-13-29)22-19-15-26-27(2)21(19)24-16-25-22/h6-7,14-16H,3-5,8-13H2,1-2H3. The van der Waals surface area contributed by atoms with E-state index in [1.165, 1.54) is 6.33 Å². The van der Waals surface area contributed by atoms with Crippen molar-refractivity contribution >= 4 is 32.8 Å². The minimum atomic E-state index is -3.61. The zero-order valence-electron chi connectivity index (χ0n) is 19.5. The predicted octanol–water partition coefficient (Wildman–Crippen LogP) is 1.81. The highest BCUT2D eigenvalue weighted by Gasteiger charge is 2.30. The van der Waals surface area contributed by atoms with Crippen molar-refractivity contribution < 1.29 is 13.2 Å². The lowest BCUT2D eigenvalue weighted by Gasteiger charge is -2.35. The number of carbonyl (C=O) groups is 1. The van der Waals surface area contributed by atoms with Crippen molar-refractivity contribution in [1.82, 2.24) is 29.0 Å². The zero-order chi connectivity index (χ0) is 23.9. The first-order chi connectivity index (χ1) is 16.4. The second-order valence-corrected chi connectivity index (χ2v) is 10.8. The summed E-state index contributed by atoms with van der Waals surface area (Å²) < 4.78 is 29.8. The average molecular weight is 484 g/mol. The van der Waals surface area contributed by atoms with Crippen LogP contribution in [0.5, 0.6) is 0 Å². The normalized spacial score (nSPS) is 17.9. The number of carbonyl (C=O) groups excluding carboxylic acids is 1. The summed E-state index contributed by atoms with van der Waals surface area (Å²) in [7, 11) is -1.77. The monoisotopic (exact) mass is 483 g/mol. The maximum Gasteiger partial charge on any atom is 0.254 e. The summed E-state index contributed by atoms with van der Waals surface area (Å²) in [6.07, 6.45) is 6.10. The lowest BCUT2D eigenvalue weighted by molar-refractivity contribution is 0.0746. The Kier molecular flexibility index (Phi) is 5.98. The molecule has 2 aliphatic heterocycles.